The van der Waals surface area contributed by atoms with Crippen molar-refractivity contribution >= 4 is 0 Å². The number of rotatable bonds is 5. The number of hydrazine groups is 1. The van der Waals surface area contributed by atoms with Gasteiger partial charge in [0.15, 0.2) is 0 Å². The zero-order valence-electron chi connectivity index (χ0n) is 14.7. The second-order valence-electron chi connectivity index (χ2n) is 7.69. The van der Waals surface area contributed by atoms with Gasteiger partial charge in [-0.05, 0) is 58.2 Å². The highest BCUT2D eigenvalue weighted by Crippen LogP contribution is 2.25. The van der Waals surface area contributed by atoms with Crippen LogP contribution in [0.5, 0.6) is 0 Å². The SMILES string of the molecule is CC(C)NC1CCC(C)C(NN(C)C2CCN(C)CC2)C1. The summed E-state index contributed by atoms with van der Waals surface area (Å²) in [6.45, 7) is 9.38. The highest BCUT2D eigenvalue weighted by Gasteiger charge is 2.30. The lowest BCUT2D eigenvalue weighted by molar-refractivity contribution is 0.0572. The molecule has 21 heavy (non-hydrogen) atoms. The number of nitrogens with zero attached hydrogens (tertiary/aromatic N) is 2. The minimum Gasteiger partial charge on any atom is -0.312 e. The number of likely N-dealkylation sites (tertiary alicyclic amines) is 1. The molecule has 4 heteroatoms. The molecule has 1 aliphatic carbocycles. The summed E-state index contributed by atoms with van der Waals surface area (Å²) >= 11 is 0. The monoisotopic (exact) mass is 296 g/mol. The van der Waals surface area contributed by atoms with Crippen molar-refractivity contribution in [2.24, 2.45) is 5.92 Å². The van der Waals surface area contributed by atoms with E-state index in [2.05, 4.69) is 55.5 Å². The number of hydrogen-bond donors (Lipinski definition) is 2. The van der Waals surface area contributed by atoms with E-state index in [0.717, 1.165) is 5.92 Å². The molecule has 0 aromatic heterocycles. The maximum absolute atomic E-state index is 3.83. The van der Waals surface area contributed by atoms with Crippen molar-refractivity contribution < 1.29 is 0 Å². The fraction of sp³-hybridized carbons (Fsp3) is 1.00. The summed E-state index contributed by atoms with van der Waals surface area (Å²) in [5.74, 6) is 0.781. The number of hydrogen-bond acceptors (Lipinski definition) is 4. The highest BCUT2D eigenvalue weighted by atomic mass is 15.5. The fourth-order valence-corrected chi connectivity index (χ4v) is 3.87. The van der Waals surface area contributed by atoms with Crippen molar-refractivity contribution in [3.8, 4) is 0 Å². The van der Waals surface area contributed by atoms with Gasteiger partial charge in [0.05, 0.1) is 0 Å². The van der Waals surface area contributed by atoms with Crippen molar-refractivity contribution in [1.29, 1.82) is 0 Å². The van der Waals surface area contributed by atoms with Gasteiger partial charge in [-0.25, -0.2) is 5.01 Å². The Morgan fingerprint density at radius 3 is 2.38 bits per heavy atom. The largest absolute Gasteiger partial charge is 0.312 e. The van der Waals surface area contributed by atoms with Crippen molar-refractivity contribution in [3.63, 3.8) is 0 Å². The molecule has 1 aliphatic heterocycles. The molecule has 1 saturated heterocycles. The summed E-state index contributed by atoms with van der Waals surface area (Å²) in [5, 5.41) is 6.15. The summed E-state index contributed by atoms with van der Waals surface area (Å²) in [4.78, 5) is 2.44. The average Bonchev–Trinajstić information content (AvgIpc) is 2.42. The number of piperidine rings is 1. The van der Waals surface area contributed by atoms with E-state index in [1.165, 1.54) is 45.2 Å². The van der Waals surface area contributed by atoms with Crippen molar-refractivity contribution in [2.45, 2.75) is 77.0 Å². The Bertz CT molecular complexity index is 299. The van der Waals surface area contributed by atoms with Crippen LogP contribution in [0.1, 0.15) is 52.9 Å². The highest BCUT2D eigenvalue weighted by molar-refractivity contribution is 4.87. The Kier molecular flexibility index (Phi) is 6.48. The van der Waals surface area contributed by atoms with Gasteiger partial charge in [-0.1, -0.05) is 20.8 Å². The molecule has 0 radical (unpaired) electrons. The predicted octanol–water partition coefficient (Wildman–Crippen LogP) is 2.07. The van der Waals surface area contributed by atoms with Gasteiger partial charge in [0, 0.05) is 31.2 Å². The molecule has 0 aromatic carbocycles. The molecule has 0 spiro atoms. The van der Waals surface area contributed by atoms with Gasteiger partial charge in [-0.15, -0.1) is 0 Å². The van der Waals surface area contributed by atoms with Gasteiger partial charge in [-0.3, -0.25) is 5.43 Å². The van der Waals surface area contributed by atoms with E-state index < -0.39 is 0 Å². The van der Waals surface area contributed by atoms with E-state index in [0.29, 0.717) is 24.2 Å². The summed E-state index contributed by atoms with van der Waals surface area (Å²) in [6, 6.07) is 2.60. The van der Waals surface area contributed by atoms with E-state index in [9.17, 15) is 0 Å². The molecular weight excluding hydrogens is 260 g/mol. The van der Waals surface area contributed by atoms with Gasteiger partial charge in [0.1, 0.15) is 0 Å². The lowest BCUT2D eigenvalue weighted by Gasteiger charge is -2.42. The third kappa shape index (κ3) is 5.20. The molecule has 4 nitrogen and oxygen atoms in total. The van der Waals surface area contributed by atoms with Gasteiger partial charge >= 0.3 is 0 Å². The molecule has 124 valence electrons. The maximum atomic E-state index is 3.83. The molecule has 3 atom stereocenters. The molecule has 1 heterocycles. The van der Waals surface area contributed by atoms with Crippen LogP contribution in [0.4, 0.5) is 0 Å². The van der Waals surface area contributed by atoms with Crippen LogP contribution in [0.2, 0.25) is 0 Å². The van der Waals surface area contributed by atoms with Crippen LogP contribution in [0.15, 0.2) is 0 Å². The normalized spacial score (nSPS) is 33.0. The molecular formula is C17H36N4. The van der Waals surface area contributed by atoms with Crippen molar-refractivity contribution in [2.75, 3.05) is 27.2 Å². The lowest BCUT2D eigenvalue weighted by atomic mass is 9.83. The molecule has 1 saturated carbocycles. The van der Waals surface area contributed by atoms with Gasteiger partial charge in [0.25, 0.3) is 0 Å². The van der Waals surface area contributed by atoms with E-state index in [4.69, 9.17) is 0 Å². The van der Waals surface area contributed by atoms with E-state index in [-0.39, 0.29) is 0 Å². The summed E-state index contributed by atoms with van der Waals surface area (Å²) in [7, 11) is 4.48. The van der Waals surface area contributed by atoms with Crippen LogP contribution in [0, 0.1) is 5.92 Å². The molecule has 2 aliphatic rings. The maximum Gasteiger partial charge on any atom is 0.0264 e. The Morgan fingerprint density at radius 2 is 1.76 bits per heavy atom. The van der Waals surface area contributed by atoms with Crippen LogP contribution in [0.3, 0.4) is 0 Å². The molecule has 0 aromatic rings. The Balaban J connectivity index is 1.81. The molecule has 2 N–H and O–H groups in total. The fourth-order valence-electron chi connectivity index (χ4n) is 3.87. The van der Waals surface area contributed by atoms with Crippen LogP contribution < -0.4 is 10.7 Å². The van der Waals surface area contributed by atoms with Crippen LogP contribution in [-0.4, -0.2) is 61.3 Å². The van der Waals surface area contributed by atoms with Gasteiger partial charge in [-0.2, -0.15) is 0 Å². The third-order valence-corrected chi connectivity index (χ3v) is 5.37. The summed E-state index contributed by atoms with van der Waals surface area (Å²) in [6.07, 6.45) is 6.50. The zero-order valence-corrected chi connectivity index (χ0v) is 14.7. The molecule has 0 bridgehead atoms. The van der Waals surface area contributed by atoms with E-state index >= 15 is 0 Å². The Morgan fingerprint density at radius 1 is 1.10 bits per heavy atom. The minimum atomic E-state index is 0.593. The Labute approximate surface area is 131 Å². The van der Waals surface area contributed by atoms with Crippen LogP contribution >= 0.6 is 0 Å². The third-order valence-electron chi connectivity index (χ3n) is 5.37. The van der Waals surface area contributed by atoms with E-state index in [1.807, 2.05) is 0 Å². The number of nitrogens with one attached hydrogen (secondary N) is 2. The lowest BCUT2D eigenvalue weighted by Crippen LogP contribution is -2.56. The summed E-state index contributed by atoms with van der Waals surface area (Å²) < 4.78 is 0. The molecule has 2 fully saturated rings. The molecule has 2 rings (SSSR count). The van der Waals surface area contributed by atoms with Crippen molar-refractivity contribution in [1.82, 2.24) is 20.7 Å². The second kappa shape index (κ2) is 7.91. The predicted molar refractivity (Wildman–Crippen MR) is 90.3 cm³/mol. The van der Waals surface area contributed by atoms with Crippen molar-refractivity contribution in [3.05, 3.63) is 0 Å². The minimum absolute atomic E-state index is 0.593. The van der Waals surface area contributed by atoms with Gasteiger partial charge in [0.2, 0.25) is 0 Å². The van der Waals surface area contributed by atoms with E-state index in [1.54, 1.807) is 0 Å². The van der Waals surface area contributed by atoms with Gasteiger partial charge < -0.3 is 10.2 Å². The van der Waals surface area contributed by atoms with Crippen LogP contribution in [-0.2, 0) is 0 Å². The molecule has 3 unspecified atom stereocenters. The Hall–Kier alpha value is -0.160. The first-order valence-electron chi connectivity index (χ1n) is 8.89. The standard InChI is InChI=1S/C17H36N4/c1-13(2)18-15-7-6-14(3)17(12-15)19-21(5)16-8-10-20(4)11-9-16/h13-19H,6-12H2,1-5H3. The zero-order chi connectivity index (χ0) is 15.4. The average molecular weight is 297 g/mol. The van der Waals surface area contributed by atoms with Crippen LogP contribution in [0.25, 0.3) is 0 Å². The smallest absolute Gasteiger partial charge is 0.0264 e. The summed E-state index contributed by atoms with van der Waals surface area (Å²) in [5.41, 5.74) is 3.83. The first-order valence-corrected chi connectivity index (χ1v) is 8.89. The first kappa shape index (κ1) is 17.2. The first-order chi connectivity index (χ1) is 9.95. The second-order valence-corrected chi connectivity index (χ2v) is 7.69. The topological polar surface area (TPSA) is 30.5 Å². The quantitative estimate of drug-likeness (QED) is 0.761. The molecule has 0 amide bonds.